The van der Waals surface area contributed by atoms with Gasteiger partial charge in [-0.15, -0.1) is 0 Å². The quantitative estimate of drug-likeness (QED) is 0.644. The summed E-state index contributed by atoms with van der Waals surface area (Å²) in [4.78, 5) is 8.30. The van der Waals surface area contributed by atoms with Crippen LogP contribution in [0.3, 0.4) is 0 Å². The summed E-state index contributed by atoms with van der Waals surface area (Å²) in [6.07, 6.45) is 0. The maximum absolute atomic E-state index is 12.8. The number of benzene rings is 1. The molecule has 0 amide bonds. The number of halogens is 1. The van der Waals surface area contributed by atoms with E-state index in [1.807, 2.05) is 0 Å². The third-order valence-electron chi connectivity index (χ3n) is 2.38. The molecule has 2 rings (SSSR count). The SMILES string of the molecule is Cc1nc(NN)c(C)c(Oc2ccc(F)cc2)n1. The van der Waals surface area contributed by atoms with Gasteiger partial charge in [-0.05, 0) is 38.1 Å². The van der Waals surface area contributed by atoms with Crippen molar-refractivity contribution in [3.8, 4) is 11.6 Å². The van der Waals surface area contributed by atoms with Crippen molar-refractivity contribution < 1.29 is 9.13 Å². The molecule has 0 aliphatic carbocycles. The second-order valence-corrected chi connectivity index (χ2v) is 3.75. The van der Waals surface area contributed by atoms with E-state index in [4.69, 9.17) is 10.6 Å². The lowest BCUT2D eigenvalue weighted by atomic mass is 10.3. The van der Waals surface area contributed by atoms with E-state index in [2.05, 4.69) is 15.4 Å². The largest absolute Gasteiger partial charge is 0.439 e. The zero-order valence-corrected chi connectivity index (χ0v) is 10.1. The van der Waals surface area contributed by atoms with Gasteiger partial charge >= 0.3 is 0 Å². The Hall–Kier alpha value is -2.21. The van der Waals surface area contributed by atoms with Crippen molar-refractivity contribution in [2.24, 2.45) is 5.84 Å². The molecule has 1 aromatic heterocycles. The topological polar surface area (TPSA) is 73.1 Å². The van der Waals surface area contributed by atoms with Crippen LogP contribution in [0.1, 0.15) is 11.4 Å². The van der Waals surface area contributed by atoms with Gasteiger partial charge in [0.15, 0.2) is 0 Å². The molecule has 0 saturated heterocycles. The molecule has 0 radical (unpaired) electrons. The fourth-order valence-corrected chi connectivity index (χ4v) is 1.46. The Morgan fingerprint density at radius 2 is 1.83 bits per heavy atom. The molecule has 1 heterocycles. The van der Waals surface area contributed by atoms with Crippen LogP contribution in [0.15, 0.2) is 24.3 Å². The average molecular weight is 248 g/mol. The van der Waals surface area contributed by atoms with Crippen molar-refractivity contribution in [1.82, 2.24) is 9.97 Å². The Kier molecular flexibility index (Phi) is 3.38. The van der Waals surface area contributed by atoms with E-state index in [1.165, 1.54) is 24.3 Å². The Morgan fingerprint density at radius 1 is 1.17 bits per heavy atom. The minimum Gasteiger partial charge on any atom is -0.439 e. The van der Waals surface area contributed by atoms with Crippen LogP contribution in [-0.2, 0) is 0 Å². The highest BCUT2D eigenvalue weighted by molar-refractivity contribution is 5.48. The summed E-state index contributed by atoms with van der Waals surface area (Å²) in [5.74, 6) is 6.96. The third kappa shape index (κ3) is 2.54. The van der Waals surface area contributed by atoms with Crippen LogP contribution in [0.4, 0.5) is 10.2 Å². The molecular weight excluding hydrogens is 235 g/mol. The number of aromatic nitrogens is 2. The lowest BCUT2D eigenvalue weighted by Gasteiger charge is -2.11. The first-order chi connectivity index (χ1) is 8.60. The van der Waals surface area contributed by atoms with Crippen LogP contribution < -0.4 is 16.0 Å². The molecule has 0 bridgehead atoms. The highest BCUT2D eigenvalue weighted by Gasteiger charge is 2.10. The van der Waals surface area contributed by atoms with E-state index in [0.29, 0.717) is 28.8 Å². The number of nitrogen functional groups attached to an aromatic ring is 1. The van der Waals surface area contributed by atoms with E-state index in [0.717, 1.165) is 0 Å². The molecule has 3 N–H and O–H groups in total. The summed E-state index contributed by atoms with van der Waals surface area (Å²) < 4.78 is 18.4. The van der Waals surface area contributed by atoms with Crippen LogP contribution in [0.5, 0.6) is 11.6 Å². The number of nitrogens with zero attached hydrogens (tertiary/aromatic N) is 2. The van der Waals surface area contributed by atoms with Crippen molar-refractivity contribution in [1.29, 1.82) is 0 Å². The number of nitrogens with one attached hydrogen (secondary N) is 1. The first-order valence-corrected chi connectivity index (χ1v) is 5.35. The van der Waals surface area contributed by atoms with Gasteiger partial charge in [0.25, 0.3) is 0 Å². The van der Waals surface area contributed by atoms with Gasteiger partial charge in [0.2, 0.25) is 5.88 Å². The predicted molar refractivity (Wildman–Crippen MR) is 65.8 cm³/mol. The van der Waals surface area contributed by atoms with E-state index in [1.54, 1.807) is 13.8 Å². The first kappa shape index (κ1) is 12.3. The van der Waals surface area contributed by atoms with Gasteiger partial charge in [-0.3, -0.25) is 0 Å². The Morgan fingerprint density at radius 3 is 2.44 bits per heavy atom. The molecule has 0 unspecified atom stereocenters. The zero-order chi connectivity index (χ0) is 13.1. The summed E-state index contributed by atoms with van der Waals surface area (Å²) in [6, 6.07) is 5.70. The molecule has 5 nitrogen and oxygen atoms in total. The minimum atomic E-state index is -0.317. The molecule has 0 fully saturated rings. The van der Waals surface area contributed by atoms with Gasteiger partial charge in [-0.2, -0.15) is 4.98 Å². The number of hydrogen-bond donors (Lipinski definition) is 2. The summed E-state index contributed by atoms with van der Waals surface area (Å²) in [5.41, 5.74) is 3.17. The maximum Gasteiger partial charge on any atom is 0.227 e. The second kappa shape index (κ2) is 4.97. The van der Waals surface area contributed by atoms with E-state index >= 15 is 0 Å². The van der Waals surface area contributed by atoms with Crippen LogP contribution >= 0.6 is 0 Å². The van der Waals surface area contributed by atoms with Crippen LogP contribution in [-0.4, -0.2) is 9.97 Å². The fourth-order valence-electron chi connectivity index (χ4n) is 1.46. The van der Waals surface area contributed by atoms with Crippen molar-refractivity contribution in [2.75, 3.05) is 5.43 Å². The van der Waals surface area contributed by atoms with Gasteiger partial charge in [0, 0.05) is 0 Å². The van der Waals surface area contributed by atoms with E-state index in [9.17, 15) is 4.39 Å². The average Bonchev–Trinajstić information content (AvgIpc) is 2.36. The summed E-state index contributed by atoms with van der Waals surface area (Å²) in [6.45, 7) is 3.52. The van der Waals surface area contributed by atoms with Gasteiger partial charge in [-0.25, -0.2) is 15.2 Å². The van der Waals surface area contributed by atoms with Crippen LogP contribution in [0.2, 0.25) is 0 Å². The molecule has 0 aliphatic rings. The number of aryl methyl sites for hydroxylation is 1. The number of rotatable bonds is 3. The second-order valence-electron chi connectivity index (χ2n) is 3.75. The fraction of sp³-hybridized carbons (Fsp3) is 0.167. The lowest BCUT2D eigenvalue weighted by molar-refractivity contribution is 0.454. The number of hydrazine groups is 1. The predicted octanol–water partition coefficient (Wildman–Crippen LogP) is 2.31. The van der Waals surface area contributed by atoms with Gasteiger partial charge in [0.1, 0.15) is 23.2 Å². The summed E-state index contributed by atoms with van der Waals surface area (Å²) >= 11 is 0. The van der Waals surface area contributed by atoms with Gasteiger partial charge < -0.3 is 10.2 Å². The van der Waals surface area contributed by atoms with E-state index < -0.39 is 0 Å². The molecule has 0 aliphatic heterocycles. The lowest BCUT2D eigenvalue weighted by Crippen LogP contribution is -2.12. The number of hydrogen-bond acceptors (Lipinski definition) is 5. The molecule has 0 saturated carbocycles. The molecule has 94 valence electrons. The van der Waals surface area contributed by atoms with Gasteiger partial charge in [-0.1, -0.05) is 0 Å². The summed E-state index contributed by atoms with van der Waals surface area (Å²) in [5, 5.41) is 0. The van der Waals surface area contributed by atoms with E-state index in [-0.39, 0.29) is 5.82 Å². The number of anilines is 1. The molecule has 6 heteroatoms. The monoisotopic (exact) mass is 248 g/mol. The number of ether oxygens (including phenoxy) is 1. The Balaban J connectivity index is 2.34. The van der Waals surface area contributed by atoms with Crippen LogP contribution in [0, 0.1) is 19.7 Å². The Bertz CT molecular complexity index is 557. The Labute approximate surface area is 104 Å². The van der Waals surface area contributed by atoms with Crippen molar-refractivity contribution in [2.45, 2.75) is 13.8 Å². The van der Waals surface area contributed by atoms with Crippen molar-refractivity contribution >= 4 is 5.82 Å². The molecule has 0 spiro atoms. The van der Waals surface area contributed by atoms with Gasteiger partial charge in [0.05, 0.1) is 5.56 Å². The smallest absolute Gasteiger partial charge is 0.227 e. The standard InChI is InChI=1S/C12H13FN4O/c1-7-11(17-14)15-8(2)16-12(7)18-10-5-3-9(13)4-6-10/h3-6H,14H2,1-2H3,(H,15,16,17). The maximum atomic E-state index is 12.8. The third-order valence-corrected chi connectivity index (χ3v) is 2.38. The molecule has 2 aromatic rings. The zero-order valence-electron chi connectivity index (χ0n) is 10.1. The molecule has 0 atom stereocenters. The highest BCUT2D eigenvalue weighted by atomic mass is 19.1. The van der Waals surface area contributed by atoms with Crippen molar-refractivity contribution in [3.05, 3.63) is 41.5 Å². The summed E-state index contributed by atoms with van der Waals surface area (Å²) in [7, 11) is 0. The van der Waals surface area contributed by atoms with Crippen LogP contribution in [0.25, 0.3) is 0 Å². The highest BCUT2D eigenvalue weighted by Crippen LogP contribution is 2.26. The molecule has 18 heavy (non-hydrogen) atoms. The molecule has 1 aromatic carbocycles. The first-order valence-electron chi connectivity index (χ1n) is 5.35. The number of nitrogens with two attached hydrogens (primary N) is 1. The normalized spacial score (nSPS) is 10.2. The minimum absolute atomic E-state index is 0.317. The molecular formula is C12H13FN4O. The van der Waals surface area contributed by atoms with Crippen molar-refractivity contribution in [3.63, 3.8) is 0 Å².